The summed E-state index contributed by atoms with van der Waals surface area (Å²) in [6, 6.07) is 0. The summed E-state index contributed by atoms with van der Waals surface area (Å²) in [6.07, 6.45) is 2.72. The summed E-state index contributed by atoms with van der Waals surface area (Å²) in [4.78, 5) is 5.17. The third kappa shape index (κ3) is 2.05. The molecule has 2 fully saturated rings. The average Bonchev–Trinajstić information content (AvgIpc) is 2.57. The van der Waals surface area contributed by atoms with Crippen molar-refractivity contribution in [2.75, 3.05) is 39.8 Å². The molecular formula is C11H22N2. The van der Waals surface area contributed by atoms with Crippen molar-refractivity contribution in [3.05, 3.63) is 0 Å². The summed E-state index contributed by atoms with van der Waals surface area (Å²) in [7, 11) is 2.26. The molecule has 0 bridgehead atoms. The second-order valence-electron chi connectivity index (χ2n) is 4.85. The van der Waals surface area contributed by atoms with Gasteiger partial charge in [0.1, 0.15) is 0 Å². The highest BCUT2D eigenvalue weighted by molar-refractivity contribution is 4.91. The standard InChI is InChI=1S/C11H22N2/c1-3-4-5-13-8-10-6-12(2)7-11(10)9-13/h10-11H,3-9H2,1-2H3. The molecule has 0 N–H and O–H groups in total. The van der Waals surface area contributed by atoms with Gasteiger partial charge in [0.25, 0.3) is 0 Å². The van der Waals surface area contributed by atoms with Gasteiger partial charge < -0.3 is 9.80 Å². The fourth-order valence-corrected chi connectivity index (χ4v) is 2.89. The molecule has 0 radical (unpaired) electrons. The molecule has 2 atom stereocenters. The first-order valence-electron chi connectivity index (χ1n) is 5.70. The highest BCUT2D eigenvalue weighted by Gasteiger charge is 2.37. The van der Waals surface area contributed by atoms with E-state index in [1.165, 1.54) is 45.6 Å². The van der Waals surface area contributed by atoms with Crippen LogP contribution in [-0.4, -0.2) is 49.6 Å². The van der Waals surface area contributed by atoms with Gasteiger partial charge in [0.05, 0.1) is 0 Å². The van der Waals surface area contributed by atoms with E-state index in [0.717, 1.165) is 11.8 Å². The molecule has 2 saturated heterocycles. The molecule has 0 saturated carbocycles. The van der Waals surface area contributed by atoms with Crippen LogP contribution < -0.4 is 0 Å². The van der Waals surface area contributed by atoms with Crippen LogP contribution in [0.2, 0.25) is 0 Å². The van der Waals surface area contributed by atoms with E-state index in [1.54, 1.807) is 0 Å². The van der Waals surface area contributed by atoms with E-state index >= 15 is 0 Å². The van der Waals surface area contributed by atoms with Crippen LogP contribution in [0.1, 0.15) is 19.8 Å². The lowest BCUT2D eigenvalue weighted by Crippen LogP contribution is -2.27. The Balaban J connectivity index is 1.77. The average molecular weight is 182 g/mol. The van der Waals surface area contributed by atoms with E-state index in [2.05, 4.69) is 23.8 Å². The molecule has 0 aromatic heterocycles. The Morgan fingerprint density at radius 1 is 1.08 bits per heavy atom. The number of fused-ring (bicyclic) bond motifs is 1. The maximum absolute atomic E-state index is 2.67. The summed E-state index contributed by atoms with van der Waals surface area (Å²) in [5, 5.41) is 0. The molecule has 13 heavy (non-hydrogen) atoms. The monoisotopic (exact) mass is 182 g/mol. The lowest BCUT2D eigenvalue weighted by molar-refractivity contribution is 0.275. The van der Waals surface area contributed by atoms with E-state index in [-0.39, 0.29) is 0 Å². The smallest absolute Gasteiger partial charge is 0.00256 e. The quantitative estimate of drug-likeness (QED) is 0.649. The lowest BCUT2D eigenvalue weighted by atomic mass is 10.0. The van der Waals surface area contributed by atoms with Crippen LogP contribution in [0.3, 0.4) is 0 Å². The van der Waals surface area contributed by atoms with Gasteiger partial charge in [-0.05, 0) is 31.8 Å². The van der Waals surface area contributed by atoms with Crippen LogP contribution in [0.25, 0.3) is 0 Å². The Hall–Kier alpha value is -0.0800. The number of rotatable bonds is 3. The SMILES string of the molecule is CCCCN1CC2CN(C)CC2C1. The van der Waals surface area contributed by atoms with E-state index in [4.69, 9.17) is 0 Å². The van der Waals surface area contributed by atoms with Crippen LogP contribution in [0.4, 0.5) is 0 Å². The predicted octanol–water partition coefficient (Wildman–Crippen LogP) is 1.28. The summed E-state index contributed by atoms with van der Waals surface area (Å²) in [5.74, 6) is 1.98. The molecule has 0 aromatic rings. The topological polar surface area (TPSA) is 6.48 Å². The first-order chi connectivity index (χ1) is 6.29. The molecule has 2 nitrogen and oxygen atoms in total. The summed E-state index contributed by atoms with van der Waals surface area (Å²) in [5.41, 5.74) is 0. The van der Waals surface area contributed by atoms with Crippen LogP contribution in [-0.2, 0) is 0 Å². The van der Waals surface area contributed by atoms with E-state index in [9.17, 15) is 0 Å². The molecular weight excluding hydrogens is 160 g/mol. The van der Waals surface area contributed by atoms with Gasteiger partial charge in [-0.1, -0.05) is 13.3 Å². The fraction of sp³-hybridized carbons (Fsp3) is 1.00. The maximum atomic E-state index is 2.67. The van der Waals surface area contributed by atoms with Gasteiger partial charge >= 0.3 is 0 Å². The van der Waals surface area contributed by atoms with Crippen LogP contribution in [0.5, 0.6) is 0 Å². The third-order valence-electron chi connectivity index (χ3n) is 3.57. The van der Waals surface area contributed by atoms with Crippen LogP contribution >= 0.6 is 0 Å². The van der Waals surface area contributed by atoms with Crippen molar-refractivity contribution < 1.29 is 0 Å². The Kier molecular flexibility index (Phi) is 2.89. The zero-order chi connectivity index (χ0) is 9.26. The molecule has 2 rings (SSSR count). The van der Waals surface area contributed by atoms with Gasteiger partial charge in [0, 0.05) is 26.2 Å². The molecule has 2 heteroatoms. The van der Waals surface area contributed by atoms with Crippen LogP contribution in [0, 0.1) is 11.8 Å². The number of likely N-dealkylation sites (tertiary alicyclic amines) is 2. The number of nitrogens with zero attached hydrogens (tertiary/aromatic N) is 2. The van der Waals surface area contributed by atoms with Crippen molar-refractivity contribution in [3.63, 3.8) is 0 Å². The van der Waals surface area contributed by atoms with E-state index in [1.807, 2.05) is 0 Å². The largest absolute Gasteiger partial charge is 0.306 e. The normalized spacial score (nSPS) is 35.5. The van der Waals surface area contributed by atoms with Gasteiger partial charge in [-0.2, -0.15) is 0 Å². The minimum atomic E-state index is 0.988. The Morgan fingerprint density at radius 2 is 1.69 bits per heavy atom. The van der Waals surface area contributed by atoms with Crippen molar-refractivity contribution in [1.29, 1.82) is 0 Å². The van der Waals surface area contributed by atoms with Crippen molar-refractivity contribution in [1.82, 2.24) is 9.80 Å². The van der Waals surface area contributed by atoms with Gasteiger partial charge in [-0.15, -0.1) is 0 Å². The first-order valence-corrected chi connectivity index (χ1v) is 5.70. The van der Waals surface area contributed by atoms with Crippen molar-refractivity contribution in [3.8, 4) is 0 Å². The second-order valence-corrected chi connectivity index (χ2v) is 4.85. The molecule has 0 aromatic carbocycles. The summed E-state index contributed by atoms with van der Waals surface area (Å²) in [6.45, 7) is 9.04. The van der Waals surface area contributed by atoms with Gasteiger partial charge in [-0.25, -0.2) is 0 Å². The first kappa shape index (κ1) is 9.47. The van der Waals surface area contributed by atoms with Gasteiger partial charge in [0.15, 0.2) is 0 Å². The van der Waals surface area contributed by atoms with Gasteiger partial charge in [0.2, 0.25) is 0 Å². The van der Waals surface area contributed by atoms with Gasteiger partial charge in [-0.3, -0.25) is 0 Å². The number of hydrogen-bond donors (Lipinski definition) is 0. The predicted molar refractivity (Wildman–Crippen MR) is 55.8 cm³/mol. The zero-order valence-corrected chi connectivity index (χ0v) is 9.00. The molecule has 2 aliphatic rings. The Labute approximate surface area is 81.9 Å². The third-order valence-corrected chi connectivity index (χ3v) is 3.57. The molecule has 2 heterocycles. The Bertz CT molecular complexity index is 155. The number of unbranched alkanes of at least 4 members (excludes halogenated alkanes) is 1. The van der Waals surface area contributed by atoms with Crippen molar-refractivity contribution in [2.24, 2.45) is 11.8 Å². The minimum absolute atomic E-state index is 0.988. The lowest BCUT2D eigenvalue weighted by Gasteiger charge is -2.18. The van der Waals surface area contributed by atoms with E-state index < -0.39 is 0 Å². The molecule has 0 aliphatic carbocycles. The molecule has 76 valence electrons. The van der Waals surface area contributed by atoms with Crippen LogP contribution in [0.15, 0.2) is 0 Å². The molecule has 2 aliphatic heterocycles. The zero-order valence-electron chi connectivity index (χ0n) is 9.00. The number of hydrogen-bond acceptors (Lipinski definition) is 2. The van der Waals surface area contributed by atoms with Crippen molar-refractivity contribution >= 4 is 0 Å². The van der Waals surface area contributed by atoms with Crippen molar-refractivity contribution in [2.45, 2.75) is 19.8 Å². The summed E-state index contributed by atoms with van der Waals surface area (Å²) >= 11 is 0. The maximum Gasteiger partial charge on any atom is 0.00256 e. The molecule has 0 amide bonds. The highest BCUT2D eigenvalue weighted by atomic mass is 15.2. The highest BCUT2D eigenvalue weighted by Crippen LogP contribution is 2.29. The molecule has 0 spiro atoms. The summed E-state index contributed by atoms with van der Waals surface area (Å²) < 4.78 is 0. The van der Waals surface area contributed by atoms with E-state index in [0.29, 0.717) is 0 Å². The Morgan fingerprint density at radius 3 is 2.23 bits per heavy atom. The second kappa shape index (κ2) is 3.97. The molecule has 2 unspecified atom stereocenters. The minimum Gasteiger partial charge on any atom is -0.306 e. The fourth-order valence-electron chi connectivity index (χ4n) is 2.89.